The van der Waals surface area contributed by atoms with E-state index in [9.17, 15) is 5.11 Å². The van der Waals surface area contributed by atoms with Gasteiger partial charge in [0, 0.05) is 0 Å². The molecule has 9 atom stereocenters. The van der Waals surface area contributed by atoms with Gasteiger partial charge in [-0.15, -0.1) is 0 Å². The molecule has 0 radical (unpaired) electrons. The highest BCUT2D eigenvalue weighted by atomic mass is 16.3. The molecule has 3 fully saturated rings. The van der Waals surface area contributed by atoms with E-state index >= 15 is 0 Å². The number of hydrogen-bond donors (Lipinski definition) is 1. The molecule has 4 rings (SSSR count). The van der Waals surface area contributed by atoms with Crippen LogP contribution in [0.15, 0.2) is 11.6 Å². The molecule has 4 aliphatic carbocycles. The molecule has 172 valence electrons. The number of rotatable bonds is 6. The summed E-state index contributed by atoms with van der Waals surface area (Å²) in [7, 11) is 0. The quantitative estimate of drug-likeness (QED) is 0.436. The minimum Gasteiger partial charge on any atom is -0.389 e. The molecule has 0 bridgehead atoms. The first kappa shape index (κ1) is 22.9. The van der Waals surface area contributed by atoms with Crippen LogP contribution in [-0.4, -0.2) is 11.2 Å². The highest BCUT2D eigenvalue weighted by Crippen LogP contribution is 2.67. The standard InChI is InChI=1S/C29H50O/c1-7-21(19(2)3)9-8-20(4)25-12-13-26-24-11-10-22-18-23(30)14-16-28(22,5)27(24)15-17-29(25,26)6/h18-21,23-27,30H,7-17H2,1-6H3/t20-,21-,23+,24+,25-,26-,27+,28+,29-/m1/s1. The zero-order valence-corrected chi connectivity index (χ0v) is 20.9. The molecule has 0 aromatic heterocycles. The number of allylic oxidation sites excluding steroid dienone is 1. The molecule has 0 aromatic rings. The number of aliphatic hydroxyl groups excluding tert-OH is 1. The Morgan fingerprint density at radius 1 is 0.967 bits per heavy atom. The van der Waals surface area contributed by atoms with Crippen LogP contribution in [-0.2, 0) is 0 Å². The first-order chi connectivity index (χ1) is 14.2. The molecule has 0 spiro atoms. The van der Waals surface area contributed by atoms with Gasteiger partial charge in [0.2, 0.25) is 0 Å². The van der Waals surface area contributed by atoms with Gasteiger partial charge in [0.1, 0.15) is 0 Å². The van der Waals surface area contributed by atoms with E-state index in [1.165, 1.54) is 64.2 Å². The van der Waals surface area contributed by atoms with Crippen molar-refractivity contribution in [3.63, 3.8) is 0 Å². The van der Waals surface area contributed by atoms with Gasteiger partial charge in [-0.2, -0.15) is 0 Å². The van der Waals surface area contributed by atoms with Crippen molar-refractivity contribution in [2.75, 3.05) is 0 Å². The largest absolute Gasteiger partial charge is 0.389 e. The SMILES string of the molecule is CC[C@H](CC[C@@H](C)[C@H]1CC[C@@H]2[C@@H]3CCC4=C[C@@H](O)CC[C@]4(C)[C@H]3CC[C@@]21C)C(C)C. The van der Waals surface area contributed by atoms with Crippen LogP contribution in [0.1, 0.15) is 112 Å². The summed E-state index contributed by atoms with van der Waals surface area (Å²) < 4.78 is 0. The Bertz CT molecular complexity index is 634. The molecule has 0 unspecified atom stereocenters. The third kappa shape index (κ3) is 3.74. The molecule has 0 amide bonds. The zero-order valence-electron chi connectivity index (χ0n) is 20.9. The van der Waals surface area contributed by atoms with Crippen molar-refractivity contribution >= 4 is 0 Å². The fourth-order valence-electron chi connectivity index (χ4n) is 9.37. The van der Waals surface area contributed by atoms with E-state index < -0.39 is 0 Å². The highest BCUT2D eigenvalue weighted by molar-refractivity contribution is 5.25. The third-order valence-electron chi connectivity index (χ3n) is 11.3. The van der Waals surface area contributed by atoms with Gasteiger partial charge >= 0.3 is 0 Å². The lowest BCUT2D eigenvalue weighted by atomic mass is 9.46. The molecule has 30 heavy (non-hydrogen) atoms. The van der Waals surface area contributed by atoms with Gasteiger partial charge in [0.15, 0.2) is 0 Å². The Morgan fingerprint density at radius 2 is 1.73 bits per heavy atom. The van der Waals surface area contributed by atoms with E-state index in [1.54, 1.807) is 5.57 Å². The molecule has 3 saturated carbocycles. The van der Waals surface area contributed by atoms with E-state index in [1.807, 2.05) is 0 Å². The second-order valence-corrected chi connectivity index (χ2v) is 12.8. The van der Waals surface area contributed by atoms with Crippen molar-refractivity contribution < 1.29 is 5.11 Å². The molecule has 1 heteroatoms. The van der Waals surface area contributed by atoms with Crippen molar-refractivity contribution in [1.82, 2.24) is 0 Å². The highest BCUT2D eigenvalue weighted by Gasteiger charge is 2.59. The minimum absolute atomic E-state index is 0.173. The van der Waals surface area contributed by atoms with Crippen LogP contribution < -0.4 is 0 Å². The van der Waals surface area contributed by atoms with Crippen molar-refractivity contribution in [3.05, 3.63) is 11.6 Å². The van der Waals surface area contributed by atoms with Crippen LogP contribution in [0.25, 0.3) is 0 Å². The van der Waals surface area contributed by atoms with E-state index in [0.29, 0.717) is 10.8 Å². The summed E-state index contributed by atoms with van der Waals surface area (Å²) in [6, 6.07) is 0. The van der Waals surface area contributed by atoms with Gasteiger partial charge in [-0.1, -0.05) is 66.0 Å². The molecule has 1 N–H and O–H groups in total. The summed E-state index contributed by atoms with van der Waals surface area (Å²) in [6.45, 7) is 15.1. The van der Waals surface area contributed by atoms with Gasteiger partial charge in [-0.05, 0) is 110 Å². The van der Waals surface area contributed by atoms with Crippen LogP contribution >= 0.6 is 0 Å². The van der Waals surface area contributed by atoms with Crippen LogP contribution in [0.4, 0.5) is 0 Å². The van der Waals surface area contributed by atoms with E-state index in [4.69, 9.17) is 0 Å². The second-order valence-electron chi connectivity index (χ2n) is 12.8. The Balaban J connectivity index is 1.47. The topological polar surface area (TPSA) is 20.2 Å². The first-order valence-corrected chi connectivity index (χ1v) is 13.6. The van der Waals surface area contributed by atoms with Crippen LogP contribution in [0.3, 0.4) is 0 Å². The molecule has 0 aliphatic heterocycles. The third-order valence-corrected chi connectivity index (χ3v) is 11.3. The number of fused-ring (bicyclic) bond motifs is 5. The zero-order chi connectivity index (χ0) is 21.7. The molecule has 1 nitrogen and oxygen atoms in total. The van der Waals surface area contributed by atoms with E-state index in [0.717, 1.165) is 47.8 Å². The lowest BCUT2D eigenvalue weighted by Gasteiger charge is -2.59. The Kier molecular flexibility index (Phi) is 6.53. The number of aliphatic hydroxyl groups is 1. The van der Waals surface area contributed by atoms with E-state index in [-0.39, 0.29) is 6.10 Å². The maximum Gasteiger partial charge on any atom is 0.0724 e. The maximum absolute atomic E-state index is 10.2. The van der Waals surface area contributed by atoms with Crippen LogP contribution in [0.5, 0.6) is 0 Å². The summed E-state index contributed by atoms with van der Waals surface area (Å²) in [5.74, 6) is 6.37. The maximum atomic E-state index is 10.2. The van der Waals surface area contributed by atoms with Crippen molar-refractivity contribution in [2.24, 2.45) is 52.3 Å². The van der Waals surface area contributed by atoms with Gasteiger partial charge < -0.3 is 5.11 Å². The molecular weight excluding hydrogens is 364 g/mol. The smallest absolute Gasteiger partial charge is 0.0724 e. The molecule has 4 aliphatic rings. The molecule has 0 saturated heterocycles. The molecule has 0 aromatic carbocycles. The normalized spacial score (nSPS) is 45.3. The van der Waals surface area contributed by atoms with Crippen molar-refractivity contribution in [1.29, 1.82) is 0 Å². The first-order valence-electron chi connectivity index (χ1n) is 13.6. The van der Waals surface area contributed by atoms with Crippen LogP contribution in [0, 0.1) is 52.3 Å². The van der Waals surface area contributed by atoms with Gasteiger partial charge in [0.25, 0.3) is 0 Å². The van der Waals surface area contributed by atoms with Gasteiger partial charge in [0.05, 0.1) is 6.10 Å². The monoisotopic (exact) mass is 414 g/mol. The lowest BCUT2D eigenvalue weighted by Crippen LogP contribution is -2.51. The fourth-order valence-corrected chi connectivity index (χ4v) is 9.37. The summed E-state index contributed by atoms with van der Waals surface area (Å²) >= 11 is 0. The predicted octanol–water partition coefficient (Wildman–Crippen LogP) is 8.02. The summed E-state index contributed by atoms with van der Waals surface area (Å²) in [5, 5.41) is 10.2. The summed E-state index contributed by atoms with van der Waals surface area (Å²) in [6.07, 6.45) is 17.1. The Labute approximate surface area is 187 Å². The minimum atomic E-state index is -0.173. The predicted molar refractivity (Wildman–Crippen MR) is 128 cm³/mol. The van der Waals surface area contributed by atoms with Crippen molar-refractivity contribution in [3.8, 4) is 0 Å². The number of hydrogen-bond acceptors (Lipinski definition) is 1. The fraction of sp³-hybridized carbons (Fsp3) is 0.931. The Hall–Kier alpha value is -0.300. The average Bonchev–Trinajstić information content (AvgIpc) is 3.06. The van der Waals surface area contributed by atoms with Crippen LogP contribution in [0.2, 0.25) is 0 Å². The summed E-state index contributed by atoms with van der Waals surface area (Å²) in [4.78, 5) is 0. The molecule has 0 heterocycles. The average molecular weight is 415 g/mol. The van der Waals surface area contributed by atoms with Crippen molar-refractivity contribution in [2.45, 2.75) is 118 Å². The molecular formula is C29H50O. The van der Waals surface area contributed by atoms with Gasteiger partial charge in [-0.25, -0.2) is 0 Å². The Morgan fingerprint density at radius 3 is 2.43 bits per heavy atom. The summed E-state index contributed by atoms with van der Waals surface area (Å²) in [5.41, 5.74) is 2.60. The van der Waals surface area contributed by atoms with E-state index in [2.05, 4.69) is 47.6 Å². The second kappa shape index (κ2) is 8.57. The lowest BCUT2D eigenvalue weighted by molar-refractivity contribution is -0.0629. The van der Waals surface area contributed by atoms with Gasteiger partial charge in [-0.3, -0.25) is 0 Å².